The first-order valence-electron chi connectivity index (χ1n) is 20.1. The van der Waals surface area contributed by atoms with Crippen molar-refractivity contribution in [3.05, 3.63) is 148 Å². The van der Waals surface area contributed by atoms with E-state index in [0.717, 1.165) is 79.1 Å². The second kappa shape index (κ2) is 33.9. The van der Waals surface area contributed by atoms with Crippen LogP contribution in [0.3, 0.4) is 0 Å². The molecule has 0 aliphatic rings. The highest BCUT2D eigenvalue weighted by molar-refractivity contribution is 14.2. The predicted octanol–water partition coefficient (Wildman–Crippen LogP) is 15.3. The van der Waals surface area contributed by atoms with Gasteiger partial charge in [0.2, 0.25) is 0 Å². The van der Waals surface area contributed by atoms with E-state index >= 15 is 0 Å². The minimum atomic E-state index is -4.39. The fourth-order valence-electron chi connectivity index (χ4n) is 5.14. The Bertz CT molecular complexity index is 2140. The summed E-state index contributed by atoms with van der Waals surface area (Å²) in [5.41, 5.74) is 4.14. The molecule has 6 aromatic rings. The molecule has 2 N–H and O–H groups in total. The maximum absolute atomic E-state index is 12.4. The Morgan fingerprint density at radius 2 is 0.696 bits per heavy atom. The molecule has 0 unspecified atom stereocenters. The van der Waals surface area contributed by atoms with Crippen molar-refractivity contribution in [3.8, 4) is 22.5 Å². The van der Waals surface area contributed by atoms with Crippen LogP contribution in [0.4, 0.5) is 39.5 Å². The van der Waals surface area contributed by atoms with E-state index in [0.29, 0.717) is 34.2 Å². The fourth-order valence-corrected chi connectivity index (χ4v) is 5.14. The Hall–Kier alpha value is -3.56. The highest BCUT2D eigenvalue weighted by Gasteiger charge is 2.31. The molecular weight excluding hydrogens is 1260 g/mol. The Labute approximate surface area is 442 Å². The summed E-state index contributed by atoms with van der Waals surface area (Å²) in [6.45, 7) is 21.2. The molecule has 0 atom stereocenters. The summed E-state index contributed by atoms with van der Waals surface area (Å²) in [5, 5.41) is 17.2. The molecule has 69 heavy (non-hydrogen) atoms. The lowest BCUT2D eigenvalue weighted by Gasteiger charge is -2.08. The molecule has 0 bridgehead atoms. The summed E-state index contributed by atoms with van der Waals surface area (Å²) in [6.07, 6.45) is -13.0. The van der Waals surface area contributed by atoms with Gasteiger partial charge in [-0.2, -0.15) is 39.5 Å². The van der Waals surface area contributed by atoms with E-state index in [1.807, 2.05) is 54.5 Å². The van der Waals surface area contributed by atoms with Crippen molar-refractivity contribution in [2.24, 2.45) is 0 Å². The number of aryl methyl sites for hydroxylation is 7. The van der Waals surface area contributed by atoms with Gasteiger partial charge in [-0.1, -0.05) is 152 Å². The van der Waals surface area contributed by atoms with Gasteiger partial charge < -0.3 is 10.0 Å². The van der Waals surface area contributed by atoms with Crippen LogP contribution in [0.1, 0.15) is 99.5 Å². The van der Waals surface area contributed by atoms with Crippen molar-refractivity contribution in [3.63, 3.8) is 0 Å². The molecule has 0 amide bonds. The summed E-state index contributed by atoms with van der Waals surface area (Å²) in [6, 6.07) is 19.0. The van der Waals surface area contributed by atoms with Crippen molar-refractivity contribution >= 4 is 80.4 Å². The number of hydrogen-bond acceptors (Lipinski definition) is 8. The third-order valence-corrected chi connectivity index (χ3v) is 7.58. The molecule has 6 rings (SSSR count). The average molecular weight is 1320 g/mol. The van der Waals surface area contributed by atoms with Crippen LogP contribution in [0, 0.1) is 48.5 Å². The van der Waals surface area contributed by atoms with Crippen LogP contribution in [0.25, 0.3) is 22.5 Å². The quantitative estimate of drug-likeness (QED) is 0.0779. The molecule has 3 heterocycles. The number of aromatic nitrogens is 6. The summed E-state index contributed by atoms with van der Waals surface area (Å²) in [4.78, 5) is 24.9. The highest BCUT2D eigenvalue weighted by atomic mass is 127. The van der Waals surface area contributed by atoms with Gasteiger partial charge in [0.25, 0.3) is 0 Å². The number of halogens is 12. The molecule has 3 aromatic carbocycles. The molecule has 0 spiro atoms. The Morgan fingerprint density at radius 1 is 0.478 bits per heavy atom. The number of alkyl halides is 12. The molecule has 8 nitrogen and oxygen atoms in total. The smallest absolute Gasteiger partial charge is 0.423 e. The van der Waals surface area contributed by atoms with Gasteiger partial charge in [-0.3, -0.25) is 0 Å². The topological polar surface area (TPSA) is 118 Å². The summed E-state index contributed by atoms with van der Waals surface area (Å²) in [5.74, 6) is 2.06. The van der Waals surface area contributed by atoms with Gasteiger partial charge in [0.15, 0.2) is 0 Å². The molecule has 21 heteroatoms. The maximum Gasteiger partial charge on any atom is 0.488 e. The van der Waals surface area contributed by atoms with Gasteiger partial charge in [-0.15, -0.1) is 0 Å². The van der Waals surface area contributed by atoms with Crippen LogP contribution in [-0.2, 0) is 18.5 Å². The normalized spacial score (nSPS) is 10.3. The van der Waals surface area contributed by atoms with Crippen molar-refractivity contribution < 1.29 is 49.6 Å². The minimum absolute atomic E-state index is 0. The molecule has 0 saturated heterocycles. The van der Waals surface area contributed by atoms with E-state index in [-0.39, 0.29) is 20.3 Å². The number of hydrogen-bond donors (Lipinski definition) is 2. The zero-order valence-electron chi connectivity index (χ0n) is 38.6. The third-order valence-electron chi connectivity index (χ3n) is 7.58. The lowest BCUT2D eigenvalue weighted by Crippen LogP contribution is -2.29. The van der Waals surface area contributed by atoms with Crippen LogP contribution in [0.15, 0.2) is 91.0 Å². The van der Waals surface area contributed by atoms with Crippen LogP contribution in [0.2, 0.25) is 0 Å². The van der Waals surface area contributed by atoms with E-state index in [1.165, 1.54) is 28.7 Å². The predicted molar refractivity (Wildman–Crippen MR) is 288 cm³/mol. The number of nitrogens with zero attached hydrogens (tertiary/aromatic N) is 6. The maximum atomic E-state index is 12.4. The second-order valence-electron chi connectivity index (χ2n) is 13.5. The van der Waals surface area contributed by atoms with Crippen LogP contribution in [-0.4, -0.2) is 53.4 Å². The molecule has 3 aromatic heterocycles. The first-order valence-corrected chi connectivity index (χ1v) is 24.1. The fraction of sp³-hybridized carbons (Fsp3) is 0.375. The zero-order valence-corrected chi connectivity index (χ0v) is 45.1. The molecule has 0 aliphatic carbocycles. The van der Waals surface area contributed by atoms with Crippen molar-refractivity contribution in [2.45, 2.75) is 111 Å². The second-order valence-corrected chi connectivity index (χ2v) is 21.2. The number of rotatable bonds is 3. The van der Waals surface area contributed by atoms with Gasteiger partial charge >= 0.3 is 25.6 Å². The summed E-state index contributed by atoms with van der Waals surface area (Å²) < 4.78 is 113. The van der Waals surface area contributed by atoms with Gasteiger partial charge in [-0.05, 0) is 108 Å². The zero-order chi connectivity index (χ0) is 51.9. The first kappa shape index (κ1) is 69.7. The lowest BCUT2D eigenvalue weighted by atomic mass is 9.80. The molecule has 382 valence electrons. The Morgan fingerprint density at radius 3 is 0.899 bits per heavy atom. The van der Waals surface area contributed by atoms with E-state index in [1.54, 1.807) is 26.0 Å². The third kappa shape index (κ3) is 29.4. The Kier molecular flexibility index (Phi) is 34.3. The van der Waals surface area contributed by atoms with E-state index in [9.17, 15) is 39.5 Å². The average Bonchev–Trinajstić information content (AvgIpc) is 3.20. The molecule has 0 saturated carbocycles. The highest BCUT2D eigenvalue weighted by Crippen LogP contribution is 2.32. The standard InChI is InChI=1S/2C13H11F3N2.C7H6BF3O2.C7H10N2.C2H4I2.C2H5I.C2H6.2CH4/c2*1-8-7-12(18-9(2)17-8)10-3-5-11(6-4-10)13(14,15)16;9-7(10,11)5-1-3-6(4-2-5)8(12)13;1-5-4-6(2)9-7(3)8-5;1-2(3)4;1-2-3;1-2;;/h2*3-7H,1-2H3;1-4,12-13H;4H,1-3H3;2H,1H3;2H2,1H3;1-2H3;2*1H4. The molecule has 0 aliphatic heterocycles. The van der Waals surface area contributed by atoms with E-state index in [2.05, 4.69) is 112 Å². The SMILES string of the molecule is C.C.CC.CC(I)I.CCI.Cc1cc(-c2ccc(C(F)(F)F)cc2)nc(C)n1.Cc1cc(-c2ccc(C(F)(F)F)cc2)nc(C)n1.Cc1cc(C)nc(C)n1.OB(O)c1ccc(C(F)(F)F)cc1. The largest absolute Gasteiger partial charge is 0.488 e. The Balaban J connectivity index is -0.000000804. The molecule has 0 fully saturated rings. The first-order chi connectivity index (χ1) is 31.0. The van der Waals surface area contributed by atoms with Crippen LogP contribution < -0.4 is 5.46 Å². The van der Waals surface area contributed by atoms with Gasteiger partial charge in [0, 0.05) is 33.9 Å². The lowest BCUT2D eigenvalue weighted by molar-refractivity contribution is -0.138. The minimum Gasteiger partial charge on any atom is -0.423 e. The van der Waals surface area contributed by atoms with Gasteiger partial charge in [0.1, 0.15) is 17.5 Å². The van der Waals surface area contributed by atoms with Gasteiger partial charge in [0.05, 0.1) is 30.0 Å². The summed E-state index contributed by atoms with van der Waals surface area (Å²) in [7, 11) is -1.73. The molecule has 0 radical (unpaired) electrons. The van der Waals surface area contributed by atoms with Crippen molar-refractivity contribution in [2.75, 3.05) is 4.43 Å². The van der Waals surface area contributed by atoms with E-state index in [4.69, 9.17) is 10.0 Å². The summed E-state index contributed by atoms with van der Waals surface area (Å²) >= 11 is 6.95. The van der Waals surface area contributed by atoms with Crippen LogP contribution >= 0.6 is 67.8 Å². The number of benzene rings is 3. The monoisotopic (exact) mass is 1320 g/mol. The van der Waals surface area contributed by atoms with Gasteiger partial charge in [-0.25, -0.2) is 29.9 Å². The van der Waals surface area contributed by atoms with Crippen molar-refractivity contribution in [1.82, 2.24) is 29.9 Å². The van der Waals surface area contributed by atoms with Crippen LogP contribution in [0.5, 0.6) is 0 Å². The van der Waals surface area contributed by atoms with E-state index < -0.39 is 42.3 Å². The molecular formula is C48H61BF9I3N6O2. The van der Waals surface area contributed by atoms with Crippen molar-refractivity contribution in [1.29, 1.82) is 0 Å².